The van der Waals surface area contributed by atoms with Crippen molar-refractivity contribution in [2.24, 2.45) is 0 Å². The van der Waals surface area contributed by atoms with Crippen molar-refractivity contribution in [1.82, 2.24) is 24.6 Å². The van der Waals surface area contributed by atoms with Gasteiger partial charge in [0.05, 0.1) is 18.5 Å². The van der Waals surface area contributed by atoms with E-state index in [0.29, 0.717) is 22.7 Å². The topological polar surface area (TPSA) is 74.3 Å². The van der Waals surface area contributed by atoms with Crippen molar-refractivity contribution in [2.45, 2.75) is 6.92 Å². The van der Waals surface area contributed by atoms with Gasteiger partial charge in [-0.15, -0.1) is 5.10 Å². The van der Waals surface area contributed by atoms with Crippen LogP contribution in [0.1, 0.15) is 21.7 Å². The zero-order valence-corrected chi connectivity index (χ0v) is 19.2. The summed E-state index contributed by atoms with van der Waals surface area (Å²) in [7, 11) is 1.60. The van der Waals surface area contributed by atoms with Crippen molar-refractivity contribution in [3.8, 4) is 22.7 Å². The Morgan fingerprint density at radius 3 is 2.23 bits per heavy atom. The van der Waals surface area contributed by atoms with E-state index < -0.39 is 0 Å². The number of ketones is 1. The molecule has 6 rings (SSSR count). The zero-order valence-electron chi connectivity index (χ0n) is 19.2. The lowest BCUT2D eigenvalue weighted by Gasteiger charge is -2.09. The summed E-state index contributed by atoms with van der Waals surface area (Å²) < 4.78 is 8.78. The Labute approximate surface area is 201 Å². The number of para-hydroxylation sites is 1. The molecule has 3 aromatic carbocycles. The number of aryl methyl sites for hydroxylation is 1. The van der Waals surface area contributed by atoms with E-state index in [1.165, 1.54) is 0 Å². The minimum absolute atomic E-state index is 0.157. The molecule has 7 heteroatoms. The van der Waals surface area contributed by atoms with Crippen molar-refractivity contribution >= 4 is 22.2 Å². The molecule has 7 nitrogen and oxygen atoms in total. The predicted octanol–water partition coefficient (Wildman–Crippen LogP) is 5.28. The molecule has 3 heterocycles. The van der Waals surface area contributed by atoms with Gasteiger partial charge >= 0.3 is 0 Å². The first-order valence-corrected chi connectivity index (χ1v) is 11.2. The van der Waals surface area contributed by atoms with Gasteiger partial charge in [-0.1, -0.05) is 53.7 Å². The van der Waals surface area contributed by atoms with E-state index in [0.717, 1.165) is 33.4 Å². The Morgan fingerprint density at radius 2 is 1.54 bits per heavy atom. The summed E-state index contributed by atoms with van der Waals surface area (Å²) in [5.74, 6) is 0.533. The Hall–Kier alpha value is -4.78. The standard InChI is InChI=1S/C28H21N5O2/c1-18-23-17-24(28(34)20-13-15-22(35-2)16-14-20)33-27(25(29-31-33)19-9-5-3-6-10-19)26(23)32(30-18)21-11-7-4-8-12-21/h3-17H,1-2H3. The molecule has 0 atom stereocenters. The maximum absolute atomic E-state index is 13.7. The Bertz CT molecular complexity index is 1680. The second kappa shape index (κ2) is 8.22. The van der Waals surface area contributed by atoms with Crippen LogP contribution < -0.4 is 4.74 Å². The highest BCUT2D eigenvalue weighted by Crippen LogP contribution is 2.33. The van der Waals surface area contributed by atoms with E-state index >= 15 is 0 Å². The number of ether oxygens (including phenoxy) is 1. The second-order valence-corrected chi connectivity index (χ2v) is 8.25. The molecule has 0 spiro atoms. The molecule has 0 saturated heterocycles. The number of carbonyl (C=O) groups excluding carboxylic acids is 1. The van der Waals surface area contributed by atoms with E-state index in [1.54, 1.807) is 35.9 Å². The Balaban J connectivity index is 1.68. The summed E-state index contributed by atoms with van der Waals surface area (Å²) in [6.07, 6.45) is 0. The molecule has 0 radical (unpaired) electrons. The largest absolute Gasteiger partial charge is 0.497 e. The van der Waals surface area contributed by atoms with Crippen LogP contribution in [0.5, 0.6) is 5.75 Å². The number of fused-ring (bicyclic) bond motifs is 3. The van der Waals surface area contributed by atoms with E-state index in [-0.39, 0.29) is 5.78 Å². The van der Waals surface area contributed by atoms with Crippen LogP contribution >= 0.6 is 0 Å². The maximum Gasteiger partial charge on any atom is 0.211 e. The summed E-state index contributed by atoms with van der Waals surface area (Å²) >= 11 is 0. The molecule has 0 fully saturated rings. The molecule has 0 aliphatic carbocycles. The van der Waals surface area contributed by atoms with Gasteiger partial charge in [0.25, 0.3) is 0 Å². The van der Waals surface area contributed by atoms with E-state index in [4.69, 9.17) is 9.84 Å². The highest BCUT2D eigenvalue weighted by atomic mass is 16.5. The molecule has 170 valence electrons. The SMILES string of the molecule is COc1ccc(C(=O)c2cc3c(C)nn(-c4ccccc4)c3c3c(-c4ccccc4)nnn23)cc1. The van der Waals surface area contributed by atoms with Gasteiger partial charge in [-0.05, 0) is 49.4 Å². The first-order chi connectivity index (χ1) is 17.2. The summed E-state index contributed by atoms with van der Waals surface area (Å²) in [5, 5.41) is 14.7. The van der Waals surface area contributed by atoms with E-state index in [2.05, 4.69) is 10.3 Å². The first-order valence-electron chi connectivity index (χ1n) is 11.2. The average molecular weight is 460 g/mol. The molecular formula is C28H21N5O2. The molecule has 0 aliphatic heterocycles. The number of hydrogen-bond donors (Lipinski definition) is 0. The van der Waals surface area contributed by atoms with Crippen molar-refractivity contribution < 1.29 is 9.53 Å². The molecule has 0 N–H and O–H groups in total. The van der Waals surface area contributed by atoms with Gasteiger partial charge in [-0.3, -0.25) is 4.79 Å². The number of pyridine rings is 1. The number of methoxy groups -OCH3 is 1. The monoisotopic (exact) mass is 459 g/mol. The van der Waals surface area contributed by atoms with Crippen LogP contribution in [-0.2, 0) is 0 Å². The lowest BCUT2D eigenvalue weighted by atomic mass is 10.0. The Morgan fingerprint density at radius 1 is 0.857 bits per heavy atom. The fourth-order valence-corrected chi connectivity index (χ4v) is 4.40. The van der Waals surface area contributed by atoms with Crippen LogP contribution in [0.15, 0.2) is 91.0 Å². The summed E-state index contributed by atoms with van der Waals surface area (Å²) in [6, 6.07) is 28.7. The van der Waals surface area contributed by atoms with Crippen molar-refractivity contribution in [1.29, 1.82) is 0 Å². The number of benzene rings is 3. The molecule has 0 aliphatic rings. The van der Waals surface area contributed by atoms with Crippen molar-refractivity contribution in [2.75, 3.05) is 7.11 Å². The van der Waals surface area contributed by atoms with E-state index in [1.807, 2.05) is 78.3 Å². The van der Waals surface area contributed by atoms with Gasteiger partial charge in [0.2, 0.25) is 5.78 Å². The highest BCUT2D eigenvalue weighted by Gasteiger charge is 2.24. The fourth-order valence-electron chi connectivity index (χ4n) is 4.40. The normalized spacial score (nSPS) is 11.3. The first kappa shape index (κ1) is 20.8. The van der Waals surface area contributed by atoms with Gasteiger partial charge in [0.1, 0.15) is 28.2 Å². The average Bonchev–Trinajstić information content (AvgIpc) is 3.50. The van der Waals surface area contributed by atoms with Crippen LogP contribution in [0, 0.1) is 6.92 Å². The molecule has 35 heavy (non-hydrogen) atoms. The minimum atomic E-state index is -0.157. The number of hydrogen-bond acceptors (Lipinski definition) is 5. The van der Waals surface area contributed by atoms with Gasteiger partial charge in [-0.25, -0.2) is 9.20 Å². The number of carbonyl (C=O) groups is 1. The van der Waals surface area contributed by atoms with Gasteiger partial charge in [0, 0.05) is 16.5 Å². The van der Waals surface area contributed by atoms with Crippen molar-refractivity contribution in [3.63, 3.8) is 0 Å². The fraction of sp³-hybridized carbons (Fsp3) is 0.0714. The summed E-state index contributed by atoms with van der Waals surface area (Å²) in [5.41, 5.74) is 5.88. The molecule has 0 unspecified atom stereocenters. The quantitative estimate of drug-likeness (QED) is 0.328. The number of aromatic nitrogens is 5. The molecule has 0 saturated carbocycles. The third-order valence-electron chi connectivity index (χ3n) is 6.14. The van der Waals surface area contributed by atoms with Crippen LogP contribution in [0.25, 0.3) is 33.4 Å². The number of nitrogens with zero attached hydrogens (tertiary/aromatic N) is 5. The lowest BCUT2D eigenvalue weighted by Crippen LogP contribution is -2.10. The Kier molecular flexibility index (Phi) is 4.88. The van der Waals surface area contributed by atoms with Crippen LogP contribution in [0.4, 0.5) is 0 Å². The number of rotatable bonds is 5. The second-order valence-electron chi connectivity index (χ2n) is 8.25. The van der Waals surface area contributed by atoms with Crippen LogP contribution in [-0.4, -0.2) is 37.5 Å². The molecule has 3 aromatic heterocycles. The molecule has 6 aromatic rings. The van der Waals surface area contributed by atoms with Gasteiger partial charge in [0.15, 0.2) is 0 Å². The zero-order chi connectivity index (χ0) is 23.9. The minimum Gasteiger partial charge on any atom is -0.497 e. The highest BCUT2D eigenvalue weighted by molar-refractivity contribution is 6.12. The van der Waals surface area contributed by atoms with Gasteiger partial charge < -0.3 is 4.74 Å². The van der Waals surface area contributed by atoms with Crippen LogP contribution in [0.3, 0.4) is 0 Å². The van der Waals surface area contributed by atoms with Crippen LogP contribution in [0.2, 0.25) is 0 Å². The molecule has 0 amide bonds. The predicted molar refractivity (Wildman–Crippen MR) is 134 cm³/mol. The third kappa shape index (κ3) is 3.36. The molecule has 0 bridgehead atoms. The smallest absolute Gasteiger partial charge is 0.211 e. The van der Waals surface area contributed by atoms with E-state index in [9.17, 15) is 4.79 Å². The summed E-state index contributed by atoms with van der Waals surface area (Å²) in [6.45, 7) is 1.95. The maximum atomic E-state index is 13.7. The van der Waals surface area contributed by atoms with Gasteiger partial charge in [-0.2, -0.15) is 5.10 Å². The van der Waals surface area contributed by atoms with Crippen molar-refractivity contribution in [3.05, 3.63) is 108 Å². The lowest BCUT2D eigenvalue weighted by molar-refractivity contribution is 0.103. The summed E-state index contributed by atoms with van der Waals surface area (Å²) in [4.78, 5) is 13.7. The third-order valence-corrected chi connectivity index (χ3v) is 6.14. The molecular weight excluding hydrogens is 438 g/mol.